The number of hydrogen-bond acceptors (Lipinski definition) is 2. The maximum Gasteiger partial charge on any atom is 0.326 e. The zero-order valence-electron chi connectivity index (χ0n) is 12.5. The molecule has 1 N–H and O–H groups in total. The predicted molar refractivity (Wildman–Crippen MR) is 78.8 cm³/mol. The Hall–Kier alpha value is -1.91. The molecule has 0 spiro atoms. The van der Waals surface area contributed by atoms with Gasteiger partial charge in [0.2, 0.25) is 5.91 Å². The molecule has 0 aromatic heterocycles. The molecule has 0 radical (unpaired) electrons. The van der Waals surface area contributed by atoms with Crippen LogP contribution in [-0.2, 0) is 9.59 Å². The Balaban J connectivity index is 1.83. The van der Waals surface area contributed by atoms with Crippen LogP contribution in [-0.4, -0.2) is 34.5 Å². The van der Waals surface area contributed by atoms with Crippen LogP contribution >= 0.6 is 0 Å². The van der Waals surface area contributed by atoms with E-state index in [1.54, 1.807) is 19.1 Å². The number of carbonyl (C=O) groups excluding carboxylic acids is 1. The van der Waals surface area contributed by atoms with Gasteiger partial charge in [-0.05, 0) is 49.3 Å². The molecule has 0 bridgehead atoms. The number of amides is 1. The van der Waals surface area contributed by atoms with Crippen LogP contribution in [0.25, 0.3) is 0 Å². The summed E-state index contributed by atoms with van der Waals surface area (Å²) in [4.78, 5) is 25.9. The van der Waals surface area contributed by atoms with Crippen molar-refractivity contribution in [3.05, 3.63) is 35.6 Å². The van der Waals surface area contributed by atoms with Crippen molar-refractivity contribution in [3.63, 3.8) is 0 Å². The third-order valence-corrected chi connectivity index (χ3v) is 5.15. The third kappa shape index (κ3) is 2.49. The molecule has 118 valence electrons. The van der Waals surface area contributed by atoms with Crippen LogP contribution < -0.4 is 0 Å². The van der Waals surface area contributed by atoms with Crippen molar-refractivity contribution in [2.75, 3.05) is 6.54 Å². The van der Waals surface area contributed by atoms with Gasteiger partial charge in [-0.3, -0.25) is 4.79 Å². The highest BCUT2D eigenvalue weighted by atomic mass is 19.1. The highest BCUT2D eigenvalue weighted by molar-refractivity contribution is 5.88. The topological polar surface area (TPSA) is 57.6 Å². The summed E-state index contributed by atoms with van der Waals surface area (Å²) in [5.41, 5.74) is 0.589. The highest BCUT2D eigenvalue weighted by Gasteiger charge is 2.50. The number of carbonyl (C=O) groups is 2. The van der Waals surface area contributed by atoms with Crippen LogP contribution in [0.1, 0.15) is 37.7 Å². The smallest absolute Gasteiger partial charge is 0.326 e. The number of benzene rings is 1. The van der Waals surface area contributed by atoms with Crippen molar-refractivity contribution < 1.29 is 19.1 Å². The molecule has 1 aromatic rings. The van der Waals surface area contributed by atoms with Gasteiger partial charge in [-0.2, -0.15) is 0 Å². The first-order valence-corrected chi connectivity index (χ1v) is 7.78. The van der Waals surface area contributed by atoms with Gasteiger partial charge in [-0.25, -0.2) is 9.18 Å². The number of hydrogen-bond donors (Lipinski definition) is 1. The van der Waals surface area contributed by atoms with Crippen molar-refractivity contribution in [1.82, 2.24) is 4.90 Å². The van der Waals surface area contributed by atoms with Crippen molar-refractivity contribution >= 4 is 11.9 Å². The second-order valence-electron chi connectivity index (χ2n) is 6.41. The lowest BCUT2D eigenvalue weighted by Crippen LogP contribution is -2.44. The summed E-state index contributed by atoms with van der Waals surface area (Å²) in [7, 11) is 0. The van der Waals surface area contributed by atoms with Gasteiger partial charge in [0.15, 0.2) is 0 Å². The highest BCUT2D eigenvalue weighted by Crippen LogP contribution is 2.43. The number of nitrogens with zero attached hydrogens (tertiary/aromatic N) is 1. The van der Waals surface area contributed by atoms with E-state index in [2.05, 4.69) is 0 Å². The van der Waals surface area contributed by atoms with Gasteiger partial charge >= 0.3 is 5.97 Å². The van der Waals surface area contributed by atoms with E-state index in [0.717, 1.165) is 19.3 Å². The first-order chi connectivity index (χ1) is 10.5. The standard InChI is InChI=1S/C17H20FNO3/c1-10(11-4-2-6-13(18)8-11)16(20)19-9-12-5-3-7-14(12)15(19)17(21)22/h2,4,6,8,10,12,14-15H,3,5,7,9H2,1H3,(H,21,22). The number of carboxylic acids is 1. The molecule has 4 nitrogen and oxygen atoms in total. The molecule has 1 aliphatic carbocycles. The van der Waals surface area contributed by atoms with Gasteiger partial charge in [0, 0.05) is 6.54 Å². The van der Waals surface area contributed by atoms with E-state index < -0.39 is 17.9 Å². The maximum atomic E-state index is 13.3. The molecule has 1 heterocycles. The van der Waals surface area contributed by atoms with E-state index in [9.17, 15) is 19.1 Å². The van der Waals surface area contributed by atoms with Gasteiger partial charge in [-0.1, -0.05) is 18.6 Å². The fourth-order valence-electron chi connectivity index (χ4n) is 4.02. The second kappa shape index (κ2) is 5.71. The number of likely N-dealkylation sites (tertiary alicyclic amines) is 1. The average Bonchev–Trinajstić information content (AvgIpc) is 3.05. The lowest BCUT2D eigenvalue weighted by atomic mass is 9.94. The molecule has 1 saturated carbocycles. The number of carboxylic acid groups (broad SMARTS) is 1. The molecular formula is C17H20FNO3. The molecule has 5 heteroatoms. The van der Waals surface area contributed by atoms with Gasteiger partial charge in [0.25, 0.3) is 0 Å². The summed E-state index contributed by atoms with van der Waals surface area (Å²) in [5, 5.41) is 9.52. The van der Waals surface area contributed by atoms with Crippen LogP contribution in [0.3, 0.4) is 0 Å². The zero-order valence-corrected chi connectivity index (χ0v) is 12.5. The fourth-order valence-corrected chi connectivity index (χ4v) is 4.02. The van der Waals surface area contributed by atoms with E-state index in [-0.39, 0.29) is 17.6 Å². The molecule has 4 atom stereocenters. The Morgan fingerprint density at radius 3 is 2.82 bits per heavy atom. The van der Waals surface area contributed by atoms with Gasteiger partial charge in [0.1, 0.15) is 11.9 Å². The lowest BCUT2D eigenvalue weighted by Gasteiger charge is -2.27. The summed E-state index contributed by atoms with van der Waals surface area (Å²) < 4.78 is 13.3. The lowest BCUT2D eigenvalue weighted by molar-refractivity contribution is -0.150. The largest absolute Gasteiger partial charge is 0.480 e. The van der Waals surface area contributed by atoms with Crippen LogP contribution in [0.15, 0.2) is 24.3 Å². The van der Waals surface area contributed by atoms with Crippen LogP contribution in [0.5, 0.6) is 0 Å². The van der Waals surface area contributed by atoms with Gasteiger partial charge in [0.05, 0.1) is 5.92 Å². The van der Waals surface area contributed by atoms with E-state index in [0.29, 0.717) is 18.0 Å². The summed E-state index contributed by atoms with van der Waals surface area (Å²) >= 11 is 0. The summed E-state index contributed by atoms with van der Waals surface area (Å²) in [6.07, 6.45) is 2.91. The Labute approximate surface area is 128 Å². The maximum absolute atomic E-state index is 13.3. The van der Waals surface area contributed by atoms with Crippen molar-refractivity contribution in [2.24, 2.45) is 11.8 Å². The minimum Gasteiger partial charge on any atom is -0.480 e. The van der Waals surface area contributed by atoms with Crippen LogP contribution in [0, 0.1) is 17.7 Å². The Morgan fingerprint density at radius 1 is 1.36 bits per heavy atom. The Kier molecular flexibility index (Phi) is 3.89. The predicted octanol–water partition coefficient (Wildman–Crippen LogP) is 2.64. The zero-order chi connectivity index (χ0) is 15.9. The molecule has 22 heavy (non-hydrogen) atoms. The Morgan fingerprint density at radius 2 is 2.14 bits per heavy atom. The molecule has 1 aromatic carbocycles. The normalized spacial score (nSPS) is 28.5. The summed E-state index contributed by atoms with van der Waals surface area (Å²) in [6, 6.07) is 5.23. The summed E-state index contributed by atoms with van der Waals surface area (Å²) in [5.74, 6) is -1.69. The molecule has 4 unspecified atom stereocenters. The molecule has 1 saturated heterocycles. The quantitative estimate of drug-likeness (QED) is 0.934. The van der Waals surface area contributed by atoms with Crippen molar-refractivity contribution in [3.8, 4) is 0 Å². The van der Waals surface area contributed by atoms with Crippen molar-refractivity contribution in [2.45, 2.75) is 38.1 Å². The Bertz CT molecular complexity index is 603. The second-order valence-corrected chi connectivity index (χ2v) is 6.41. The molecule has 1 aliphatic heterocycles. The van der Waals surface area contributed by atoms with E-state index >= 15 is 0 Å². The number of rotatable bonds is 3. The monoisotopic (exact) mass is 305 g/mol. The molecule has 2 fully saturated rings. The minimum absolute atomic E-state index is 0.0705. The minimum atomic E-state index is -0.922. The van der Waals surface area contributed by atoms with Crippen molar-refractivity contribution in [1.29, 1.82) is 0 Å². The molecule has 3 rings (SSSR count). The van der Waals surface area contributed by atoms with E-state index in [4.69, 9.17) is 0 Å². The fraction of sp³-hybridized carbons (Fsp3) is 0.529. The number of fused-ring (bicyclic) bond motifs is 1. The van der Waals surface area contributed by atoms with E-state index in [1.807, 2.05) is 0 Å². The molecule has 1 amide bonds. The third-order valence-electron chi connectivity index (χ3n) is 5.15. The number of halogens is 1. The molecular weight excluding hydrogens is 285 g/mol. The van der Waals surface area contributed by atoms with Gasteiger partial charge in [-0.15, -0.1) is 0 Å². The molecule has 2 aliphatic rings. The van der Waals surface area contributed by atoms with Crippen LogP contribution in [0.4, 0.5) is 4.39 Å². The van der Waals surface area contributed by atoms with Crippen LogP contribution in [0.2, 0.25) is 0 Å². The SMILES string of the molecule is CC(C(=O)N1CC2CCCC2C1C(=O)O)c1cccc(F)c1. The average molecular weight is 305 g/mol. The van der Waals surface area contributed by atoms with Gasteiger partial charge < -0.3 is 10.0 Å². The number of aliphatic carboxylic acids is 1. The first-order valence-electron chi connectivity index (χ1n) is 7.78. The van der Waals surface area contributed by atoms with E-state index in [1.165, 1.54) is 17.0 Å². The summed E-state index contributed by atoms with van der Waals surface area (Å²) in [6.45, 7) is 2.23. The first kappa shape index (κ1) is 15.0.